The van der Waals surface area contributed by atoms with Crippen molar-refractivity contribution in [2.75, 3.05) is 5.75 Å². The van der Waals surface area contributed by atoms with Crippen LogP contribution in [0.3, 0.4) is 0 Å². The van der Waals surface area contributed by atoms with Crippen molar-refractivity contribution in [1.82, 2.24) is 5.32 Å². The van der Waals surface area contributed by atoms with Crippen molar-refractivity contribution in [1.29, 1.82) is 0 Å². The number of nitrogens with one attached hydrogen (secondary N) is 1. The molecule has 88 valence electrons. The van der Waals surface area contributed by atoms with E-state index in [0.717, 1.165) is 5.75 Å². The van der Waals surface area contributed by atoms with E-state index in [9.17, 15) is 4.79 Å². The van der Waals surface area contributed by atoms with E-state index in [1.807, 2.05) is 26.0 Å². The van der Waals surface area contributed by atoms with Crippen molar-refractivity contribution >= 4 is 17.7 Å². The van der Waals surface area contributed by atoms with Gasteiger partial charge in [-0.25, -0.2) is 0 Å². The minimum Gasteiger partial charge on any atom is -0.353 e. The summed E-state index contributed by atoms with van der Waals surface area (Å²) in [6.45, 7) is 6.05. The average Bonchev–Trinajstić information content (AvgIpc) is 2.19. The molecular formula is C13H19NOS. The Morgan fingerprint density at radius 3 is 2.69 bits per heavy atom. The second kappa shape index (κ2) is 6.59. The number of hydrogen-bond donors (Lipinski definition) is 1. The summed E-state index contributed by atoms with van der Waals surface area (Å²) in [6, 6.07) is 8.52. The fraction of sp³-hybridized carbons (Fsp3) is 0.462. The van der Waals surface area contributed by atoms with Crippen LogP contribution in [0.1, 0.15) is 25.0 Å². The van der Waals surface area contributed by atoms with Gasteiger partial charge >= 0.3 is 0 Å². The number of benzene rings is 1. The van der Waals surface area contributed by atoms with Gasteiger partial charge in [-0.1, -0.05) is 24.3 Å². The van der Waals surface area contributed by atoms with Gasteiger partial charge in [0.15, 0.2) is 0 Å². The Morgan fingerprint density at radius 1 is 1.38 bits per heavy atom. The van der Waals surface area contributed by atoms with Crippen molar-refractivity contribution in [2.45, 2.75) is 32.6 Å². The van der Waals surface area contributed by atoms with Crippen LogP contribution in [0.4, 0.5) is 0 Å². The number of amides is 1. The van der Waals surface area contributed by atoms with Gasteiger partial charge in [0.25, 0.3) is 0 Å². The van der Waals surface area contributed by atoms with E-state index in [-0.39, 0.29) is 11.9 Å². The number of rotatable bonds is 5. The van der Waals surface area contributed by atoms with Gasteiger partial charge in [-0.05, 0) is 31.9 Å². The Hall–Kier alpha value is -0.960. The van der Waals surface area contributed by atoms with E-state index < -0.39 is 0 Å². The zero-order valence-corrected chi connectivity index (χ0v) is 10.9. The highest BCUT2D eigenvalue weighted by Crippen LogP contribution is 2.15. The Labute approximate surface area is 102 Å². The molecule has 0 aromatic heterocycles. The smallest absolute Gasteiger partial charge is 0.230 e. The summed E-state index contributed by atoms with van der Waals surface area (Å²) in [6.07, 6.45) is 0. The Morgan fingerprint density at radius 2 is 2.06 bits per heavy atom. The van der Waals surface area contributed by atoms with Crippen molar-refractivity contribution in [3.05, 3.63) is 35.4 Å². The third-order valence-corrected chi connectivity index (χ3v) is 3.18. The molecule has 0 aliphatic rings. The van der Waals surface area contributed by atoms with Gasteiger partial charge < -0.3 is 5.32 Å². The lowest BCUT2D eigenvalue weighted by atomic mass is 10.1. The Bertz CT molecular complexity index is 350. The van der Waals surface area contributed by atoms with Crippen LogP contribution < -0.4 is 5.32 Å². The minimum absolute atomic E-state index is 0.119. The molecular weight excluding hydrogens is 218 g/mol. The summed E-state index contributed by atoms with van der Waals surface area (Å²) in [5.74, 6) is 1.55. The molecule has 3 heteroatoms. The molecule has 16 heavy (non-hydrogen) atoms. The first-order valence-electron chi connectivity index (χ1n) is 5.51. The van der Waals surface area contributed by atoms with Gasteiger partial charge in [-0.15, -0.1) is 11.8 Å². The van der Waals surface area contributed by atoms with Crippen LogP contribution >= 0.6 is 11.8 Å². The summed E-state index contributed by atoms with van der Waals surface area (Å²) >= 11 is 1.66. The van der Waals surface area contributed by atoms with E-state index in [1.54, 1.807) is 11.8 Å². The molecule has 1 N–H and O–H groups in total. The molecule has 0 unspecified atom stereocenters. The van der Waals surface area contributed by atoms with Crippen LogP contribution in [-0.4, -0.2) is 17.7 Å². The van der Waals surface area contributed by atoms with Gasteiger partial charge in [0.1, 0.15) is 0 Å². The van der Waals surface area contributed by atoms with Crippen LogP contribution in [-0.2, 0) is 10.5 Å². The largest absolute Gasteiger partial charge is 0.353 e. The minimum atomic E-state index is 0.119. The highest BCUT2D eigenvalue weighted by molar-refractivity contribution is 7.99. The van der Waals surface area contributed by atoms with Gasteiger partial charge in [-0.3, -0.25) is 4.79 Å². The number of hydrogen-bond acceptors (Lipinski definition) is 2. The van der Waals surface area contributed by atoms with Crippen molar-refractivity contribution in [2.24, 2.45) is 0 Å². The lowest BCUT2D eigenvalue weighted by molar-refractivity contribution is -0.119. The molecule has 0 radical (unpaired) electrons. The first-order valence-corrected chi connectivity index (χ1v) is 6.66. The van der Waals surface area contributed by atoms with Crippen LogP contribution in [0.5, 0.6) is 0 Å². The van der Waals surface area contributed by atoms with E-state index in [0.29, 0.717) is 5.75 Å². The fourth-order valence-corrected chi connectivity index (χ4v) is 2.30. The Balaban J connectivity index is 2.31. The first kappa shape index (κ1) is 13.1. The summed E-state index contributed by atoms with van der Waals surface area (Å²) < 4.78 is 0. The standard InChI is InChI=1S/C13H19NOS/c1-10(2)14-13(15)9-16-8-12-7-5-4-6-11(12)3/h4-7,10H,8-9H2,1-3H3,(H,14,15). The molecule has 0 atom stereocenters. The predicted molar refractivity (Wildman–Crippen MR) is 70.6 cm³/mol. The van der Waals surface area contributed by atoms with Crippen molar-refractivity contribution in [3.63, 3.8) is 0 Å². The molecule has 0 aliphatic heterocycles. The van der Waals surface area contributed by atoms with E-state index in [1.165, 1.54) is 11.1 Å². The number of aryl methyl sites for hydroxylation is 1. The second-order valence-electron chi connectivity index (χ2n) is 4.14. The third-order valence-electron chi connectivity index (χ3n) is 2.20. The highest BCUT2D eigenvalue weighted by atomic mass is 32.2. The number of thioether (sulfide) groups is 1. The molecule has 0 saturated carbocycles. The molecule has 0 bridgehead atoms. The zero-order valence-electron chi connectivity index (χ0n) is 10.1. The molecule has 0 spiro atoms. The van der Waals surface area contributed by atoms with Crippen LogP contribution in [0, 0.1) is 6.92 Å². The summed E-state index contributed by atoms with van der Waals surface area (Å²) in [4.78, 5) is 11.4. The molecule has 1 aromatic rings. The molecule has 0 saturated heterocycles. The Kier molecular flexibility index (Phi) is 5.39. The lowest BCUT2D eigenvalue weighted by Gasteiger charge is -2.08. The normalized spacial score (nSPS) is 10.5. The van der Waals surface area contributed by atoms with Crippen LogP contribution in [0.15, 0.2) is 24.3 Å². The summed E-state index contributed by atoms with van der Waals surface area (Å²) in [5, 5.41) is 2.88. The second-order valence-corrected chi connectivity index (χ2v) is 5.13. The predicted octanol–water partition coefficient (Wildman–Crippen LogP) is 2.75. The van der Waals surface area contributed by atoms with Gasteiger partial charge in [0.2, 0.25) is 5.91 Å². The maximum Gasteiger partial charge on any atom is 0.230 e. The summed E-state index contributed by atoms with van der Waals surface area (Å²) in [7, 11) is 0. The number of carbonyl (C=O) groups is 1. The maximum absolute atomic E-state index is 11.4. The molecule has 0 fully saturated rings. The molecule has 2 nitrogen and oxygen atoms in total. The van der Waals surface area contributed by atoms with E-state index in [2.05, 4.69) is 24.4 Å². The van der Waals surface area contributed by atoms with E-state index in [4.69, 9.17) is 0 Å². The zero-order chi connectivity index (χ0) is 12.0. The molecule has 0 aliphatic carbocycles. The number of carbonyl (C=O) groups excluding carboxylic acids is 1. The molecule has 1 rings (SSSR count). The van der Waals surface area contributed by atoms with Gasteiger partial charge in [-0.2, -0.15) is 0 Å². The maximum atomic E-state index is 11.4. The molecule has 1 amide bonds. The van der Waals surface area contributed by atoms with Gasteiger partial charge in [0.05, 0.1) is 5.75 Å². The first-order chi connectivity index (χ1) is 7.59. The van der Waals surface area contributed by atoms with Crippen molar-refractivity contribution < 1.29 is 4.79 Å². The van der Waals surface area contributed by atoms with E-state index >= 15 is 0 Å². The van der Waals surface area contributed by atoms with Crippen molar-refractivity contribution in [3.8, 4) is 0 Å². The lowest BCUT2D eigenvalue weighted by Crippen LogP contribution is -2.31. The average molecular weight is 237 g/mol. The fourth-order valence-electron chi connectivity index (χ4n) is 1.39. The highest BCUT2D eigenvalue weighted by Gasteiger charge is 2.04. The third kappa shape index (κ3) is 4.71. The topological polar surface area (TPSA) is 29.1 Å². The SMILES string of the molecule is Cc1ccccc1CSCC(=O)NC(C)C. The van der Waals surface area contributed by atoms with Crippen LogP contribution in [0.25, 0.3) is 0 Å². The van der Waals surface area contributed by atoms with Gasteiger partial charge in [0, 0.05) is 11.8 Å². The summed E-state index contributed by atoms with van der Waals surface area (Å²) in [5.41, 5.74) is 2.60. The monoisotopic (exact) mass is 237 g/mol. The molecule has 1 aromatic carbocycles. The molecule has 0 heterocycles. The quantitative estimate of drug-likeness (QED) is 0.853. The van der Waals surface area contributed by atoms with Crippen LogP contribution in [0.2, 0.25) is 0 Å².